The van der Waals surface area contributed by atoms with Crippen LogP contribution in [0.25, 0.3) is 11.3 Å². The van der Waals surface area contributed by atoms with Crippen LogP contribution in [0.4, 0.5) is 5.13 Å². The molecule has 3 rings (SSSR count). The van der Waals surface area contributed by atoms with Crippen molar-refractivity contribution in [3.8, 4) is 17.0 Å². The number of nitrogens with zero attached hydrogens (tertiary/aromatic N) is 1. The number of hydrogen-bond donors (Lipinski definition) is 1. The molecule has 0 unspecified atom stereocenters. The first-order chi connectivity index (χ1) is 13.8. The van der Waals surface area contributed by atoms with Gasteiger partial charge in [0.2, 0.25) is 5.91 Å². The molecule has 0 radical (unpaired) electrons. The van der Waals surface area contributed by atoms with Crippen molar-refractivity contribution in [3.05, 3.63) is 59.0 Å². The van der Waals surface area contributed by atoms with Crippen LogP contribution >= 0.6 is 11.3 Å². The topological polar surface area (TPSA) is 85.4 Å². The number of aromatic nitrogens is 1. The van der Waals surface area contributed by atoms with Gasteiger partial charge in [0.05, 0.1) is 23.5 Å². The molecule has 0 aliphatic carbocycles. The van der Waals surface area contributed by atoms with Gasteiger partial charge in [0, 0.05) is 17.4 Å². The Morgan fingerprint density at radius 2 is 1.86 bits per heavy atom. The Balaban J connectivity index is 1.62. The summed E-state index contributed by atoms with van der Waals surface area (Å²) in [5.41, 5.74) is 4.04. The van der Waals surface area contributed by atoms with Gasteiger partial charge in [0.1, 0.15) is 5.75 Å². The number of rotatable bonds is 7. The maximum absolute atomic E-state index is 12.4. The molecule has 0 saturated heterocycles. The molecule has 0 aliphatic heterocycles. The molecule has 3 aromatic rings. The van der Waals surface area contributed by atoms with E-state index in [2.05, 4.69) is 16.4 Å². The van der Waals surface area contributed by atoms with Gasteiger partial charge in [-0.2, -0.15) is 0 Å². The molecular formula is C21H22N2O4S2. The Labute approximate surface area is 174 Å². The Hall–Kier alpha value is -2.71. The van der Waals surface area contributed by atoms with Crippen LogP contribution in [0.5, 0.6) is 5.75 Å². The maximum atomic E-state index is 12.4. The Bertz CT molecular complexity index is 1120. The lowest BCUT2D eigenvalue weighted by Crippen LogP contribution is -2.17. The van der Waals surface area contributed by atoms with Crippen molar-refractivity contribution >= 4 is 32.2 Å². The number of hydrogen-bond acceptors (Lipinski definition) is 6. The molecule has 8 heteroatoms. The normalized spacial score (nSPS) is 11.3. The van der Waals surface area contributed by atoms with Crippen LogP contribution in [0, 0.1) is 13.8 Å². The number of carbonyl (C=O) groups is 1. The summed E-state index contributed by atoms with van der Waals surface area (Å²) in [6.45, 7) is 4.03. The molecule has 152 valence electrons. The van der Waals surface area contributed by atoms with E-state index in [1.165, 1.54) is 30.6 Å². The maximum Gasteiger partial charge on any atom is 0.227 e. The van der Waals surface area contributed by atoms with E-state index in [0.29, 0.717) is 10.9 Å². The first kappa shape index (κ1) is 21.0. The molecule has 2 aromatic carbocycles. The molecule has 29 heavy (non-hydrogen) atoms. The van der Waals surface area contributed by atoms with Crippen molar-refractivity contribution in [2.75, 3.05) is 18.2 Å². The molecule has 0 fully saturated rings. The number of nitrogens with one attached hydrogen (secondary N) is 1. The van der Waals surface area contributed by atoms with E-state index in [1.807, 2.05) is 31.4 Å². The van der Waals surface area contributed by atoms with E-state index in [-0.39, 0.29) is 23.0 Å². The molecule has 0 aliphatic rings. The Morgan fingerprint density at radius 3 is 2.55 bits per heavy atom. The van der Waals surface area contributed by atoms with E-state index in [9.17, 15) is 13.2 Å². The predicted molar refractivity (Wildman–Crippen MR) is 115 cm³/mol. The molecule has 6 nitrogen and oxygen atoms in total. The van der Waals surface area contributed by atoms with Crippen molar-refractivity contribution in [2.24, 2.45) is 0 Å². The number of amides is 1. The highest BCUT2D eigenvalue weighted by atomic mass is 32.2. The smallest absolute Gasteiger partial charge is 0.227 e. The van der Waals surface area contributed by atoms with Crippen LogP contribution in [-0.2, 0) is 14.6 Å². The van der Waals surface area contributed by atoms with Gasteiger partial charge in [0.25, 0.3) is 0 Å². The highest BCUT2D eigenvalue weighted by molar-refractivity contribution is 7.91. The van der Waals surface area contributed by atoms with E-state index < -0.39 is 9.84 Å². The minimum absolute atomic E-state index is 0.146. The van der Waals surface area contributed by atoms with Crippen LogP contribution in [-0.4, -0.2) is 32.2 Å². The van der Waals surface area contributed by atoms with E-state index in [1.54, 1.807) is 12.1 Å². The third-order valence-electron chi connectivity index (χ3n) is 4.44. The van der Waals surface area contributed by atoms with Gasteiger partial charge in [-0.05, 0) is 49.7 Å². The van der Waals surface area contributed by atoms with Gasteiger partial charge in [-0.3, -0.25) is 4.79 Å². The number of thiazole rings is 1. The summed E-state index contributed by atoms with van der Waals surface area (Å²) in [6.07, 6.45) is -0.146. The van der Waals surface area contributed by atoms with Gasteiger partial charge in [-0.1, -0.05) is 17.7 Å². The third-order valence-corrected chi connectivity index (χ3v) is 6.93. The average molecular weight is 431 g/mol. The van der Waals surface area contributed by atoms with E-state index >= 15 is 0 Å². The number of anilines is 1. The number of carbonyl (C=O) groups excluding carboxylic acids is 1. The van der Waals surface area contributed by atoms with Gasteiger partial charge in [0.15, 0.2) is 15.0 Å². The second-order valence-corrected chi connectivity index (χ2v) is 9.62. The predicted octanol–water partition coefficient (Wildman–Crippen LogP) is 4.24. The fourth-order valence-electron chi connectivity index (χ4n) is 2.78. The molecule has 0 spiro atoms. The van der Waals surface area contributed by atoms with Crippen LogP contribution < -0.4 is 10.1 Å². The summed E-state index contributed by atoms with van der Waals surface area (Å²) < 4.78 is 29.9. The lowest BCUT2D eigenvalue weighted by Gasteiger charge is -2.06. The number of methoxy groups -OCH3 is 1. The summed E-state index contributed by atoms with van der Waals surface area (Å²) >= 11 is 1.31. The lowest BCUT2D eigenvalue weighted by atomic mass is 10.0. The summed E-state index contributed by atoms with van der Waals surface area (Å²) in [6, 6.07) is 12.2. The minimum Gasteiger partial charge on any atom is -0.497 e. The van der Waals surface area contributed by atoms with Crippen LogP contribution in [0.15, 0.2) is 52.7 Å². The highest BCUT2D eigenvalue weighted by Gasteiger charge is 2.17. The number of aryl methyl sites for hydroxylation is 2. The SMILES string of the molecule is COc1ccc(S(=O)(=O)CCC(=O)Nc2nc(-c3cc(C)ccc3C)cs2)cc1. The molecular weight excluding hydrogens is 408 g/mol. The first-order valence-corrected chi connectivity index (χ1v) is 11.5. The van der Waals surface area contributed by atoms with Crippen LogP contribution in [0.1, 0.15) is 17.5 Å². The highest BCUT2D eigenvalue weighted by Crippen LogP contribution is 2.28. The standard InChI is InChI=1S/C21H22N2O4S2/c1-14-4-5-15(2)18(12-14)19-13-28-21(22-19)23-20(24)10-11-29(25,26)17-8-6-16(27-3)7-9-17/h4-9,12-13H,10-11H2,1-3H3,(H,22,23,24). The van der Waals surface area contributed by atoms with Gasteiger partial charge in [-0.15, -0.1) is 11.3 Å². The van der Waals surface area contributed by atoms with Crippen molar-refractivity contribution in [1.82, 2.24) is 4.98 Å². The van der Waals surface area contributed by atoms with Gasteiger partial charge < -0.3 is 10.1 Å². The largest absolute Gasteiger partial charge is 0.497 e. The lowest BCUT2D eigenvalue weighted by molar-refractivity contribution is -0.115. The van der Waals surface area contributed by atoms with Crippen molar-refractivity contribution in [1.29, 1.82) is 0 Å². The second-order valence-electron chi connectivity index (χ2n) is 6.65. The Morgan fingerprint density at radius 1 is 1.14 bits per heavy atom. The molecule has 1 N–H and O–H groups in total. The summed E-state index contributed by atoms with van der Waals surface area (Å²) in [4.78, 5) is 16.9. The van der Waals surface area contributed by atoms with Crippen LogP contribution in [0.2, 0.25) is 0 Å². The Kier molecular flexibility index (Phi) is 6.34. The summed E-state index contributed by atoms with van der Waals surface area (Å²) in [7, 11) is -2.04. The fourth-order valence-corrected chi connectivity index (χ4v) is 4.74. The van der Waals surface area contributed by atoms with Crippen molar-refractivity contribution < 1.29 is 17.9 Å². The molecule has 0 bridgehead atoms. The first-order valence-electron chi connectivity index (χ1n) is 8.98. The zero-order valence-corrected chi connectivity index (χ0v) is 18.1. The second kappa shape index (κ2) is 8.75. The van der Waals surface area contributed by atoms with E-state index in [0.717, 1.165) is 22.4 Å². The molecule has 1 heterocycles. The monoisotopic (exact) mass is 430 g/mol. The van der Waals surface area contributed by atoms with E-state index in [4.69, 9.17) is 4.74 Å². The number of sulfone groups is 1. The summed E-state index contributed by atoms with van der Waals surface area (Å²) in [5, 5.41) is 5.02. The van der Waals surface area contributed by atoms with Crippen LogP contribution in [0.3, 0.4) is 0 Å². The fraction of sp³-hybridized carbons (Fsp3) is 0.238. The van der Waals surface area contributed by atoms with Crippen molar-refractivity contribution in [2.45, 2.75) is 25.2 Å². The average Bonchev–Trinajstić information content (AvgIpc) is 3.16. The van der Waals surface area contributed by atoms with Gasteiger partial charge in [-0.25, -0.2) is 13.4 Å². The zero-order chi connectivity index (χ0) is 21.0. The van der Waals surface area contributed by atoms with Crippen molar-refractivity contribution in [3.63, 3.8) is 0 Å². The summed E-state index contributed by atoms with van der Waals surface area (Å²) in [5.74, 6) is -0.0884. The third kappa shape index (κ3) is 5.21. The minimum atomic E-state index is -3.55. The van der Waals surface area contributed by atoms with Gasteiger partial charge >= 0.3 is 0 Å². The molecule has 0 saturated carbocycles. The number of benzene rings is 2. The quantitative estimate of drug-likeness (QED) is 0.606. The number of ether oxygens (including phenoxy) is 1. The zero-order valence-electron chi connectivity index (χ0n) is 16.4. The molecule has 1 aromatic heterocycles. The molecule has 0 atom stereocenters. The molecule has 1 amide bonds.